The summed E-state index contributed by atoms with van der Waals surface area (Å²) in [4.78, 5) is 12.8. The normalized spacial score (nSPS) is 38.4. The number of rotatable bonds is 2. The van der Waals surface area contributed by atoms with Crippen LogP contribution in [0.5, 0.6) is 0 Å². The Balaban J connectivity index is 1.64. The minimum atomic E-state index is 0.366. The van der Waals surface area contributed by atoms with Crippen LogP contribution in [-0.4, -0.2) is 5.78 Å². The summed E-state index contributed by atoms with van der Waals surface area (Å²) in [5.74, 6) is 4.04. The largest absolute Gasteiger partial charge is 0.294 e. The third-order valence-corrected chi connectivity index (χ3v) is 6.66. The lowest BCUT2D eigenvalue weighted by atomic mass is 9.93. The minimum Gasteiger partial charge on any atom is -0.294 e. The first-order chi connectivity index (χ1) is 9.08. The van der Waals surface area contributed by atoms with Crippen LogP contribution < -0.4 is 0 Å². The average Bonchev–Trinajstić information content (AvgIpc) is 2.81. The lowest BCUT2D eigenvalue weighted by molar-refractivity contribution is 0.0944. The second-order valence-electron chi connectivity index (χ2n) is 6.79. The van der Waals surface area contributed by atoms with Crippen LogP contribution in [0.25, 0.3) is 0 Å². The maximum atomic E-state index is 12.8. The second-order valence-corrected chi connectivity index (χ2v) is 7.65. The number of Topliss-reactive ketones (excluding diaryl/α,β-unsaturated/α-hetero) is 1. The number of hydrogen-bond acceptors (Lipinski definition) is 1. The highest BCUT2D eigenvalue weighted by Gasteiger charge is 2.67. The maximum Gasteiger partial charge on any atom is 0.166 e. The molecule has 0 spiro atoms. The molecular formula is C17H19BrO. The first-order valence-corrected chi connectivity index (χ1v) is 8.18. The highest BCUT2D eigenvalue weighted by Crippen LogP contribution is 2.70. The van der Waals surface area contributed by atoms with Crippen molar-refractivity contribution in [1.29, 1.82) is 0 Å². The lowest BCUT2D eigenvalue weighted by Gasteiger charge is -2.11. The van der Waals surface area contributed by atoms with Gasteiger partial charge in [0.1, 0.15) is 0 Å². The monoisotopic (exact) mass is 318 g/mol. The van der Waals surface area contributed by atoms with Gasteiger partial charge in [0.25, 0.3) is 0 Å². The van der Waals surface area contributed by atoms with Crippen molar-refractivity contribution < 1.29 is 4.79 Å². The van der Waals surface area contributed by atoms with Crippen molar-refractivity contribution >= 4 is 21.7 Å². The summed E-state index contributed by atoms with van der Waals surface area (Å²) in [5.41, 5.74) is 3.27. The van der Waals surface area contributed by atoms with Gasteiger partial charge in [-0.3, -0.25) is 4.79 Å². The molecule has 0 radical (unpaired) electrons. The molecule has 3 aliphatic carbocycles. The number of fused-ring (bicyclic) bond motifs is 5. The number of ketones is 1. The number of carbonyl (C=O) groups excluding carboxylic acids is 1. The molecule has 2 heteroatoms. The molecule has 0 saturated heterocycles. The Morgan fingerprint density at radius 1 is 1.11 bits per heavy atom. The van der Waals surface area contributed by atoms with Gasteiger partial charge in [0.2, 0.25) is 0 Å². The quantitative estimate of drug-likeness (QED) is 0.731. The van der Waals surface area contributed by atoms with E-state index in [9.17, 15) is 4.79 Å². The van der Waals surface area contributed by atoms with Crippen LogP contribution >= 0.6 is 15.9 Å². The van der Waals surface area contributed by atoms with Gasteiger partial charge in [-0.1, -0.05) is 15.9 Å². The van der Waals surface area contributed by atoms with Crippen LogP contribution in [0.4, 0.5) is 0 Å². The van der Waals surface area contributed by atoms with Crippen LogP contribution in [-0.2, 0) is 0 Å². The summed E-state index contributed by atoms with van der Waals surface area (Å²) < 4.78 is 1.11. The van der Waals surface area contributed by atoms with Crippen molar-refractivity contribution in [2.24, 2.45) is 29.6 Å². The molecule has 1 aromatic carbocycles. The number of benzene rings is 1. The zero-order valence-electron chi connectivity index (χ0n) is 11.4. The molecule has 3 fully saturated rings. The van der Waals surface area contributed by atoms with Crippen LogP contribution in [0.2, 0.25) is 0 Å². The molecule has 0 N–H and O–H groups in total. The van der Waals surface area contributed by atoms with Gasteiger partial charge in [-0.2, -0.15) is 0 Å². The summed E-state index contributed by atoms with van der Waals surface area (Å²) in [6.07, 6.45) is 4.18. The van der Waals surface area contributed by atoms with E-state index in [1.807, 2.05) is 0 Å². The Bertz CT molecular complexity index is 561. The zero-order chi connectivity index (χ0) is 13.3. The first-order valence-electron chi connectivity index (χ1n) is 7.39. The Morgan fingerprint density at radius 2 is 1.74 bits per heavy atom. The van der Waals surface area contributed by atoms with Gasteiger partial charge in [0, 0.05) is 16.0 Å². The van der Waals surface area contributed by atoms with E-state index in [1.165, 1.54) is 24.8 Å². The minimum absolute atomic E-state index is 0.366. The van der Waals surface area contributed by atoms with E-state index in [2.05, 4.69) is 41.9 Å². The number of carbonyl (C=O) groups is 1. The predicted octanol–water partition coefficient (Wildman–Crippen LogP) is 4.54. The van der Waals surface area contributed by atoms with Gasteiger partial charge in [-0.05, 0) is 80.0 Å². The third-order valence-electron chi connectivity index (χ3n) is 5.81. The smallest absolute Gasteiger partial charge is 0.166 e. The van der Waals surface area contributed by atoms with Gasteiger partial charge >= 0.3 is 0 Å². The fourth-order valence-electron chi connectivity index (χ4n) is 4.90. The van der Waals surface area contributed by atoms with E-state index in [4.69, 9.17) is 0 Å². The van der Waals surface area contributed by atoms with E-state index in [-0.39, 0.29) is 0 Å². The zero-order valence-corrected chi connectivity index (χ0v) is 13.0. The lowest BCUT2D eigenvalue weighted by Crippen LogP contribution is -2.11. The van der Waals surface area contributed by atoms with Gasteiger partial charge in [-0.15, -0.1) is 0 Å². The summed E-state index contributed by atoms with van der Waals surface area (Å²) in [5, 5.41) is 0. The molecular weight excluding hydrogens is 300 g/mol. The molecule has 3 aliphatic rings. The molecule has 100 valence electrons. The maximum absolute atomic E-state index is 12.8. The predicted molar refractivity (Wildman–Crippen MR) is 79.2 cm³/mol. The summed E-state index contributed by atoms with van der Waals surface area (Å²) in [6, 6.07) is 4.17. The Morgan fingerprint density at radius 3 is 2.37 bits per heavy atom. The van der Waals surface area contributed by atoms with Gasteiger partial charge in [0.15, 0.2) is 5.78 Å². The molecule has 0 aromatic heterocycles. The van der Waals surface area contributed by atoms with E-state index in [0.29, 0.717) is 11.7 Å². The number of aryl methyl sites for hydroxylation is 2. The number of hydrogen-bond donors (Lipinski definition) is 0. The molecule has 1 aromatic rings. The van der Waals surface area contributed by atoms with Gasteiger partial charge < -0.3 is 0 Å². The van der Waals surface area contributed by atoms with Crippen molar-refractivity contribution in [1.82, 2.24) is 0 Å². The van der Waals surface area contributed by atoms with Gasteiger partial charge in [0.05, 0.1) is 0 Å². The average molecular weight is 319 g/mol. The molecule has 4 unspecified atom stereocenters. The van der Waals surface area contributed by atoms with Crippen molar-refractivity contribution in [2.75, 3.05) is 0 Å². The fourth-order valence-corrected chi connectivity index (χ4v) is 5.36. The summed E-state index contributed by atoms with van der Waals surface area (Å²) >= 11 is 3.55. The fraction of sp³-hybridized carbons (Fsp3) is 0.588. The van der Waals surface area contributed by atoms with Gasteiger partial charge in [-0.25, -0.2) is 0 Å². The van der Waals surface area contributed by atoms with Crippen LogP contribution in [0.1, 0.15) is 40.7 Å². The first kappa shape index (κ1) is 12.1. The third kappa shape index (κ3) is 1.62. The summed E-state index contributed by atoms with van der Waals surface area (Å²) in [7, 11) is 0. The molecule has 4 atom stereocenters. The molecule has 4 rings (SSSR count). The van der Waals surface area contributed by atoms with Crippen LogP contribution in [0, 0.1) is 43.4 Å². The molecule has 2 bridgehead atoms. The molecule has 1 nitrogen and oxygen atoms in total. The Hall–Kier alpha value is -0.630. The van der Waals surface area contributed by atoms with E-state index in [0.717, 1.165) is 39.3 Å². The van der Waals surface area contributed by atoms with E-state index in [1.54, 1.807) is 0 Å². The molecule has 0 aliphatic heterocycles. The molecule has 3 saturated carbocycles. The topological polar surface area (TPSA) is 17.1 Å². The highest BCUT2D eigenvalue weighted by molar-refractivity contribution is 9.10. The van der Waals surface area contributed by atoms with Crippen molar-refractivity contribution in [3.05, 3.63) is 33.3 Å². The molecule has 0 heterocycles. The van der Waals surface area contributed by atoms with Crippen LogP contribution in [0.3, 0.4) is 0 Å². The molecule has 0 amide bonds. The van der Waals surface area contributed by atoms with Crippen molar-refractivity contribution in [3.8, 4) is 0 Å². The summed E-state index contributed by atoms with van der Waals surface area (Å²) in [6.45, 7) is 4.13. The Labute approximate surface area is 122 Å². The van der Waals surface area contributed by atoms with E-state index < -0.39 is 0 Å². The standard InChI is InChI=1S/C17H19BrO/c1-8-6-13(18)9(2)5-12(8)17(19)16-14-10-3-4-11(7-10)15(14)16/h5-6,10-11,14-16H,3-4,7H2,1-2H3. The highest BCUT2D eigenvalue weighted by atomic mass is 79.9. The second kappa shape index (κ2) is 3.94. The number of halogens is 1. The van der Waals surface area contributed by atoms with Crippen molar-refractivity contribution in [3.63, 3.8) is 0 Å². The van der Waals surface area contributed by atoms with Crippen LogP contribution in [0.15, 0.2) is 16.6 Å². The Kier molecular flexibility index (Phi) is 2.52. The molecule has 19 heavy (non-hydrogen) atoms. The van der Waals surface area contributed by atoms with Crippen molar-refractivity contribution in [2.45, 2.75) is 33.1 Å². The van der Waals surface area contributed by atoms with E-state index >= 15 is 0 Å². The SMILES string of the molecule is Cc1cc(C(=O)C2C3C4CCC(C4)C23)c(C)cc1Br.